The van der Waals surface area contributed by atoms with E-state index in [2.05, 4.69) is 23.3 Å². The summed E-state index contributed by atoms with van der Waals surface area (Å²) in [6, 6.07) is 9.53. The molecule has 1 aliphatic heterocycles. The Bertz CT molecular complexity index is 849. The summed E-state index contributed by atoms with van der Waals surface area (Å²) >= 11 is 0. The van der Waals surface area contributed by atoms with Crippen LogP contribution in [0.25, 0.3) is 0 Å². The van der Waals surface area contributed by atoms with Crippen molar-refractivity contribution in [2.75, 3.05) is 12.4 Å². The summed E-state index contributed by atoms with van der Waals surface area (Å²) < 4.78 is 0. The molecule has 1 aromatic heterocycles. The number of nitrogens with one attached hydrogen (secondary N) is 1. The summed E-state index contributed by atoms with van der Waals surface area (Å²) in [4.78, 5) is 19.1. The maximum Gasteiger partial charge on any atom is 0.223 e. The molecular weight excluding hydrogens is 312 g/mol. The lowest BCUT2D eigenvalue weighted by atomic mass is 10.0. The molecule has 2 heterocycles. The van der Waals surface area contributed by atoms with Gasteiger partial charge in [0.2, 0.25) is 5.91 Å². The smallest absolute Gasteiger partial charge is 0.223 e. The second-order valence-electron chi connectivity index (χ2n) is 6.44. The van der Waals surface area contributed by atoms with Gasteiger partial charge >= 0.3 is 0 Å². The van der Waals surface area contributed by atoms with Crippen molar-refractivity contribution in [2.24, 2.45) is 0 Å². The molecule has 1 N–H and O–H groups in total. The van der Waals surface area contributed by atoms with Crippen LogP contribution in [0.4, 0.5) is 5.82 Å². The number of nitriles is 1. The molecule has 0 fully saturated rings. The molecule has 0 saturated carbocycles. The minimum atomic E-state index is 0.152. The Morgan fingerprint density at radius 1 is 1.24 bits per heavy atom. The molecule has 0 aliphatic carbocycles. The number of anilines is 1. The monoisotopic (exact) mass is 334 g/mol. The fourth-order valence-corrected chi connectivity index (χ4v) is 3.27. The molecule has 5 nitrogen and oxygen atoms in total. The van der Waals surface area contributed by atoms with E-state index in [0.717, 1.165) is 22.6 Å². The summed E-state index contributed by atoms with van der Waals surface area (Å²) in [6.07, 6.45) is 1.16. The van der Waals surface area contributed by atoms with Crippen molar-refractivity contribution >= 4 is 11.7 Å². The number of nitrogens with zero attached hydrogens (tertiary/aromatic N) is 3. The van der Waals surface area contributed by atoms with Gasteiger partial charge in [-0.25, -0.2) is 4.98 Å². The van der Waals surface area contributed by atoms with Crippen LogP contribution in [0.5, 0.6) is 0 Å². The van der Waals surface area contributed by atoms with Crippen LogP contribution in [0.3, 0.4) is 0 Å². The molecule has 0 bridgehead atoms. The third-order valence-corrected chi connectivity index (χ3v) is 4.92. The Kier molecular flexibility index (Phi) is 4.71. The van der Waals surface area contributed by atoms with Gasteiger partial charge in [0.1, 0.15) is 5.82 Å². The summed E-state index contributed by atoms with van der Waals surface area (Å²) in [5, 5.41) is 12.0. The predicted octanol–water partition coefficient (Wildman–Crippen LogP) is 3.09. The minimum Gasteiger partial charge on any atom is -0.373 e. The average Bonchev–Trinajstić information content (AvgIpc) is 3.09. The van der Waals surface area contributed by atoms with Gasteiger partial charge < -0.3 is 10.2 Å². The van der Waals surface area contributed by atoms with Crippen LogP contribution in [0.1, 0.15) is 39.9 Å². The first-order valence-corrected chi connectivity index (χ1v) is 8.47. The lowest BCUT2D eigenvalue weighted by Gasteiger charge is -2.15. The summed E-state index contributed by atoms with van der Waals surface area (Å²) in [5.41, 5.74) is 6.27. The first-order chi connectivity index (χ1) is 12.0. The van der Waals surface area contributed by atoms with Gasteiger partial charge in [0.25, 0.3) is 0 Å². The van der Waals surface area contributed by atoms with Crippen LogP contribution in [0, 0.1) is 25.2 Å². The second kappa shape index (κ2) is 6.94. The number of aromatic nitrogens is 1. The summed E-state index contributed by atoms with van der Waals surface area (Å²) in [5.74, 6) is 1.03. The van der Waals surface area contributed by atoms with Crippen molar-refractivity contribution in [3.05, 3.63) is 57.8 Å². The van der Waals surface area contributed by atoms with Crippen molar-refractivity contribution in [3.63, 3.8) is 0 Å². The molecule has 0 atom stereocenters. The average molecular weight is 334 g/mol. The third-order valence-electron chi connectivity index (χ3n) is 4.92. The molecule has 0 saturated heterocycles. The molecule has 0 spiro atoms. The summed E-state index contributed by atoms with van der Waals surface area (Å²) in [7, 11) is 1.87. The Balaban J connectivity index is 1.68. The number of carbonyl (C=O) groups excluding carboxylic acids is 1. The summed E-state index contributed by atoms with van der Waals surface area (Å²) in [6.45, 7) is 5.36. The number of pyridine rings is 1. The predicted molar refractivity (Wildman–Crippen MR) is 97.0 cm³/mol. The Morgan fingerprint density at radius 3 is 2.56 bits per heavy atom. The number of fused-ring (bicyclic) bond motifs is 1. The molecular formula is C20H22N4O. The van der Waals surface area contributed by atoms with Gasteiger partial charge in [-0.05, 0) is 49.1 Å². The van der Waals surface area contributed by atoms with Crippen LogP contribution in [-0.4, -0.2) is 22.8 Å². The Hall–Kier alpha value is -2.87. The number of hydrogen-bond acceptors (Lipinski definition) is 4. The zero-order valence-corrected chi connectivity index (χ0v) is 14.9. The van der Waals surface area contributed by atoms with Gasteiger partial charge in [-0.3, -0.25) is 4.79 Å². The minimum absolute atomic E-state index is 0.152. The Morgan fingerprint density at radius 2 is 1.92 bits per heavy atom. The number of hydrogen-bond donors (Lipinski definition) is 1. The molecule has 25 heavy (non-hydrogen) atoms. The number of aryl methyl sites for hydroxylation is 2. The van der Waals surface area contributed by atoms with Crippen LogP contribution in [0.2, 0.25) is 0 Å². The number of carbonyl (C=O) groups is 1. The lowest BCUT2D eigenvalue weighted by molar-refractivity contribution is -0.131. The lowest BCUT2D eigenvalue weighted by Crippen LogP contribution is -2.25. The first-order valence-electron chi connectivity index (χ1n) is 8.47. The fourth-order valence-electron chi connectivity index (χ4n) is 3.27. The van der Waals surface area contributed by atoms with E-state index in [1.165, 1.54) is 11.1 Å². The van der Waals surface area contributed by atoms with Crippen LogP contribution < -0.4 is 5.32 Å². The van der Waals surface area contributed by atoms with E-state index in [9.17, 15) is 4.79 Å². The quantitative estimate of drug-likeness (QED) is 0.933. The van der Waals surface area contributed by atoms with Crippen molar-refractivity contribution in [1.29, 1.82) is 5.26 Å². The van der Waals surface area contributed by atoms with E-state index in [1.807, 2.05) is 31.0 Å². The van der Waals surface area contributed by atoms with E-state index in [-0.39, 0.29) is 5.91 Å². The third kappa shape index (κ3) is 3.34. The molecule has 0 unspecified atom stereocenters. The molecule has 1 aromatic carbocycles. The number of benzene rings is 1. The largest absolute Gasteiger partial charge is 0.373 e. The van der Waals surface area contributed by atoms with Gasteiger partial charge in [-0.1, -0.05) is 12.1 Å². The highest BCUT2D eigenvalue weighted by molar-refractivity contribution is 5.78. The van der Waals surface area contributed by atoms with Crippen molar-refractivity contribution in [1.82, 2.24) is 9.88 Å². The van der Waals surface area contributed by atoms with Crippen molar-refractivity contribution in [3.8, 4) is 6.07 Å². The van der Waals surface area contributed by atoms with Crippen molar-refractivity contribution < 1.29 is 4.79 Å². The zero-order valence-electron chi connectivity index (χ0n) is 14.9. The molecule has 1 aliphatic rings. The number of rotatable bonds is 4. The van der Waals surface area contributed by atoms with Crippen LogP contribution in [0.15, 0.2) is 24.3 Å². The maximum atomic E-state index is 12.6. The topological polar surface area (TPSA) is 69.0 Å². The normalized spacial score (nSPS) is 12.6. The fraction of sp³-hybridized carbons (Fsp3) is 0.350. The highest BCUT2D eigenvalue weighted by Crippen LogP contribution is 2.32. The molecule has 3 rings (SSSR count). The van der Waals surface area contributed by atoms with Crippen LogP contribution in [-0.2, 0) is 24.3 Å². The van der Waals surface area contributed by atoms with Gasteiger partial charge in [-0.15, -0.1) is 0 Å². The molecule has 1 amide bonds. The van der Waals surface area contributed by atoms with Crippen LogP contribution >= 0.6 is 0 Å². The Labute approximate surface area is 148 Å². The van der Waals surface area contributed by atoms with Gasteiger partial charge in [0, 0.05) is 37.8 Å². The van der Waals surface area contributed by atoms with Gasteiger partial charge in [0.05, 0.1) is 11.6 Å². The van der Waals surface area contributed by atoms with E-state index >= 15 is 0 Å². The zero-order chi connectivity index (χ0) is 18.0. The van der Waals surface area contributed by atoms with E-state index in [0.29, 0.717) is 31.5 Å². The highest BCUT2D eigenvalue weighted by Gasteiger charge is 2.28. The van der Waals surface area contributed by atoms with Crippen molar-refractivity contribution in [2.45, 2.75) is 39.8 Å². The molecule has 2 aromatic rings. The number of amides is 1. The molecule has 0 radical (unpaired) electrons. The standard InChI is InChI=1S/C20H22N4O/c1-13-14(2)23-20(22-3)18-12-24(11-17(13)18)19(25)9-8-15-4-6-16(10-21)7-5-15/h4-7H,8-9,11-12H2,1-3H3,(H,22,23). The van der Waals surface area contributed by atoms with Gasteiger partial charge in [-0.2, -0.15) is 5.26 Å². The van der Waals surface area contributed by atoms with Gasteiger partial charge in [0.15, 0.2) is 0 Å². The van der Waals surface area contributed by atoms with E-state index in [1.54, 1.807) is 12.1 Å². The molecule has 128 valence electrons. The maximum absolute atomic E-state index is 12.6. The van der Waals surface area contributed by atoms with E-state index in [4.69, 9.17) is 5.26 Å². The van der Waals surface area contributed by atoms with E-state index < -0.39 is 0 Å². The second-order valence-corrected chi connectivity index (χ2v) is 6.44. The first kappa shape index (κ1) is 17.0. The SMILES string of the molecule is CNc1nc(C)c(C)c2c1CN(C(=O)CCc1ccc(C#N)cc1)C2. The molecule has 5 heteroatoms. The highest BCUT2D eigenvalue weighted by atomic mass is 16.2.